The molecule has 39 heavy (non-hydrogen) atoms. The molecule has 0 heterocycles. The van der Waals surface area contributed by atoms with E-state index < -0.39 is 16.1 Å². The zero-order chi connectivity index (χ0) is 28.4. The van der Waals surface area contributed by atoms with Gasteiger partial charge in [-0.2, -0.15) is 0 Å². The van der Waals surface area contributed by atoms with E-state index in [1.165, 1.54) is 10.7 Å². The van der Waals surface area contributed by atoms with Gasteiger partial charge in [-0.15, -0.1) is 0 Å². The summed E-state index contributed by atoms with van der Waals surface area (Å²) in [5, 5.41) is 3.14. The van der Waals surface area contributed by atoms with Crippen LogP contribution in [0.15, 0.2) is 53.0 Å². The Balaban J connectivity index is 1.70. The van der Waals surface area contributed by atoms with Crippen LogP contribution in [0.2, 0.25) is 0 Å². The van der Waals surface area contributed by atoms with Crippen molar-refractivity contribution in [2.24, 2.45) is 0 Å². The Bertz CT molecular complexity index is 1180. The highest BCUT2D eigenvalue weighted by molar-refractivity contribution is 9.10. The highest BCUT2D eigenvalue weighted by Gasteiger charge is 2.28. The lowest BCUT2D eigenvalue weighted by molar-refractivity contribution is -0.141. The molecule has 2 amide bonds. The molecule has 8 nitrogen and oxygen atoms in total. The van der Waals surface area contributed by atoms with Crippen LogP contribution in [-0.2, 0) is 26.2 Å². The molecule has 0 saturated heterocycles. The second-order valence-electron chi connectivity index (χ2n) is 10.0. The Morgan fingerprint density at radius 2 is 1.69 bits per heavy atom. The van der Waals surface area contributed by atoms with Crippen LogP contribution >= 0.6 is 15.9 Å². The third kappa shape index (κ3) is 9.53. The number of halogens is 1. The number of sulfonamides is 1. The number of anilines is 1. The first-order chi connectivity index (χ1) is 18.6. The van der Waals surface area contributed by atoms with Crippen molar-refractivity contribution in [1.29, 1.82) is 0 Å². The molecule has 0 spiro atoms. The zero-order valence-electron chi connectivity index (χ0n) is 23.1. The molecule has 1 saturated carbocycles. The van der Waals surface area contributed by atoms with Crippen LogP contribution < -0.4 is 14.4 Å². The van der Waals surface area contributed by atoms with Crippen LogP contribution in [-0.4, -0.2) is 56.6 Å². The van der Waals surface area contributed by atoms with Gasteiger partial charge in [0.25, 0.3) is 0 Å². The van der Waals surface area contributed by atoms with Crippen molar-refractivity contribution in [3.8, 4) is 5.75 Å². The van der Waals surface area contributed by atoms with E-state index in [2.05, 4.69) is 21.2 Å². The third-order valence-electron chi connectivity index (χ3n) is 6.97. The molecule has 1 aliphatic carbocycles. The molecule has 3 rings (SSSR count). The molecule has 10 heteroatoms. The second kappa shape index (κ2) is 14.7. The summed E-state index contributed by atoms with van der Waals surface area (Å²) in [6.45, 7) is 4.60. The minimum atomic E-state index is -3.56. The summed E-state index contributed by atoms with van der Waals surface area (Å²) in [4.78, 5) is 28.3. The van der Waals surface area contributed by atoms with Crippen molar-refractivity contribution < 1.29 is 22.7 Å². The Kier molecular flexibility index (Phi) is 11.7. The maximum absolute atomic E-state index is 13.5. The molecule has 1 atom stereocenters. The smallest absolute Gasteiger partial charge is 0.242 e. The third-order valence-corrected chi connectivity index (χ3v) is 8.70. The number of hydrogen-bond acceptors (Lipinski definition) is 5. The average Bonchev–Trinajstić information content (AvgIpc) is 2.91. The predicted molar refractivity (Wildman–Crippen MR) is 158 cm³/mol. The number of nitrogens with one attached hydrogen (secondary N) is 1. The first-order valence-electron chi connectivity index (χ1n) is 13.6. The quantitative estimate of drug-likeness (QED) is 0.329. The first kappa shape index (κ1) is 30.9. The number of ether oxygens (including phenoxy) is 1. The van der Waals surface area contributed by atoms with Crippen molar-refractivity contribution in [2.75, 3.05) is 23.7 Å². The van der Waals surface area contributed by atoms with Gasteiger partial charge in [-0.3, -0.25) is 13.9 Å². The molecule has 214 valence electrons. The fraction of sp³-hybridized carbons (Fsp3) is 0.517. The molecular formula is C29H40BrN3O5S. The van der Waals surface area contributed by atoms with E-state index >= 15 is 0 Å². The van der Waals surface area contributed by atoms with Crippen LogP contribution in [0, 0.1) is 0 Å². The summed E-state index contributed by atoms with van der Waals surface area (Å²) in [6.07, 6.45) is 6.91. The average molecular weight is 623 g/mol. The van der Waals surface area contributed by atoms with E-state index in [4.69, 9.17) is 4.74 Å². The summed E-state index contributed by atoms with van der Waals surface area (Å²) in [6, 6.07) is 14.0. The molecule has 1 fully saturated rings. The molecule has 0 radical (unpaired) electrons. The van der Waals surface area contributed by atoms with Gasteiger partial charge in [-0.05, 0) is 75.1 Å². The summed E-state index contributed by atoms with van der Waals surface area (Å²) in [7, 11) is -3.56. The number of benzene rings is 2. The molecule has 2 aromatic carbocycles. The molecular weight excluding hydrogens is 582 g/mol. The van der Waals surface area contributed by atoms with Crippen molar-refractivity contribution in [3.63, 3.8) is 0 Å². The number of carbonyl (C=O) groups excluding carboxylic acids is 2. The second-order valence-corrected chi connectivity index (χ2v) is 12.9. The SMILES string of the molecule is CCOc1ccc(N(CCCC(=O)N(Cc2ccc(Br)cc2)C(C)C(=O)NC2CCCCC2)S(C)(=O)=O)cc1. The van der Waals surface area contributed by atoms with Gasteiger partial charge in [0.05, 0.1) is 18.6 Å². The highest BCUT2D eigenvalue weighted by atomic mass is 79.9. The van der Waals surface area contributed by atoms with Crippen molar-refractivity contribution >= 4 is 43.5 Å². The predicted octanol–water partition coefficient (Wildman–Crippen LogP) is 5.26. The van der Waals surface area contributed by atoms with Crippen molar-refractivity contribution in [2.45, 2.75) is 77.4 Å². The van der Waals surface area contributed by atoms with Gasteiger partial charge in [0.15, 0.2) is 0 Å². The molecule has 0 aliphatic heterocycles. The normalized spacial score (nSPS) is 14.9. The number of rotatable bonds is 13. The Morgan fingerprint density at radius 3 is 2.28 bits per heavy atom. The summed E-state index contributed by atoms with van der Waals surface area (Å²) >= 11 is 3.44. The van der Waals surface area contributed by atoms with E-state index in [0.29, 0.717) is 31.0 Å². The van der Waals surface area contributed by atoms with E-state index in [0.717, 1.165) is 42.0 Å². The molecule has 0 bridgehead atoms. The zero-order valence-corrected chi connectivity index (χ0v) is 25.5. The van der Waals surface area contributed by atoms with Crippen LogP contribution in [0.3, 0.4) is 0 Å². The lowest BCUT2D eigenvalue weighted by Crippen LogP contribution is -2.50. The molecule has 0 aromatic heterocycles. The van der Waals surface area contributed by atoms with Crippen molar-refractivity contribution in [1.82, 2.24) is 10.2 Å². The van der Waals surface area contributed by atoms with Gasteiger partial charge < -0.3 is 15.0 Å². The fourth-order valence-corrected chi connectivity index (χ4v) is 6.05. The molecule has 1 unspecified atom stereocenters. The minimum Gasteiger partial charge on any atom is -0.494 e. The minimum absolute atomic E-state index is 0.112. The summed E-state index contributed by atoms with van der Waals surface area (Å²) < 4.78 is 32.8. The molecule has 2 aromatic rings. The highest BCUT2D eigenvalue weighted by Crippen LogP contribution is 2.23. The molecule has 1 N–H and O–H groups in total. The fourth-order valence-electron chi connectivity index (χ4n) is 4.82. The van der Waals surface area contributed by atoms with E-state index in [1.807, 2.05) is 31.2 Å². The lowest BCUT2D eigenvalue weighted by Gasteiger charge is -2.31. The van der Waals surface area contributed by atoms with Crippen LogP contribution in [0.1, 0.15) is 64.4 Å². The Morgan fingerprint density at radius 1 is 1.05 bits per heavy atom. The standard InChI is InChI=1S/C29H40BrN3O5S/c1-4-38-27-18-16-26(17-19-27)33(39(3,36)37)20-8-11-28(34)32(21-23-12-14-24(30)15-13-23)22(2)29(35)31-25-9-6-5-7-10-25/h12-19,22,25H,4-11,20-21H2,1-3H3,(H,31,35). The van der Waals surface area contributed by atoms with E-state index in [1.54, 1.807) is 36.1 Å². The van der Waals surface area contributed by atoms with Crippen LogP contribution in [0.5, 0.6) is 5.75 Å². The number of amides is 2. The lowest BCUT2D eigenvalue weighted by atomic mass is 9.95. The van der Waals surface area contributed by atoms with Gasteiger partial charge in [0, 0.05) is 30.0 Å². The van der Waals surface area contributed by atoms with Gasteiger partial charge >= 0.3 is 0 Å². The summed E-state index contributed by atoms with van der Waals surface area (Å²) in [5.41, 5.74) is 1.43. The molecule has 1 aliphatic rings. The largest absolute Gasteiger partial charge is 0.494 e. The van der Waals surface area contributed by atoms with Crippen LogP contribution in [0.4, 0.5) is 5.69 Å². The number of hydrogen-bond donors (Lipinski definition) is 1. The Hall–Kier alpha value is -2.59. The number of nitrogens with zero attached hydrogens (tertiary/aromatic N) is 2. The van der Waals surface area contributed by atoms with E-state index in [-0.39, 0.29) is 30.8 Å². The number of carbonyl (C=O) groups is 2. The maximum Gasteiger partial charge on any atom is 0.242 e. The van der Waals surface area contributed by atoms with Crippen molar-refractivity contribution in [3.05, 3.63) is 58.6 Å². The first-order valence-corrected chi connectivity index (χ1v) is 16.3. The van der Waals surface area contributed by atoms with Crippen LogP contribution in [0.25, 0.3) is 0 Å². The van der Waals surface area contributed by atoms with Gasteiger partial charge in [0.2, 0.25) is 21.8 Å². The summed E-state index contributed by atoms with van der Waals surface area (Å²) in [5.74, 6) is 0.317. The maximum atomic E-state index is 13.5. The van der Waals surface area contributed by atoms with Gasteiger partial charge in [-0.25, -0.2) is 8.42 Å². The van der Waals surface area contributed by atoms with E-state index in [9.17, 15) is 18.0 Å². The topological polar surface area (TPSA) is 96.0 Å². The monoisotopic (exact) mass is 621 g/mol. The van der Waals surface area contributed by atoms with Gasteiger partial charge in [-0.1, -0.05) is 47.3 Å². The van der Waals surface area contributed by atoms with Gasteiger partial charge in [0.1, 0.15) is 11.8 Å². The Labute approximate surface area is 241 Å².